The number of carbonyl (C=O) groups is 1. The highest BCUT2D eigenvalue weighted by Crippen LogP contribution is 2.27. The van der Waals surface area contributed by atoms with E-state index in [4.69, 9.17) is 21.4 Å². The van der Waals surface area contributed by atoms with Crippen molar-refractivity contribution in [1.29, 1.82) is 0 Å². The summed E-state index contributed by atoms with van der Waals surface area (Å²) in [6.07, 6.45) is 0.107. The summed E-state index contributed by atoms with van der Waals surface area (Å²) in [5, 5.41) is 9.61. The maximum absolute atomic E-state index is 11.7. The summed E-state index contributed by atoms with van der Waals surface area (Å²) < 4.78 is 5.30. The largest absolute Gasteiger partial charge is 0.441 e. The molecule has 1 aliphatic heterocycles. The van der Waals surface area contributed by atoms with Gasteiger partial charge in [0.25, 0.3) is 0 Å². The molecule has 5 heteroatoms. The second kappa shape index (κ2) is 5.16. The van der Waals surface area contributed by atoms with E-state index in [1.807, 2.05) is 25.1 Å². The van der Waals surface area contributed by atoms with Crippen LogP contribution in [0.5, 0.6) is 0 Å². The third kappa shape index (κ3) is 2.94. The zero-order chi connectivity index (χ0) is 13.2. The summed E-state index contributed by atoms with van der Waals surface area (Å²) in [5.74, 6) is 0. The Morgan fingerprint density at radius 2 is 2.33 bits per heavy atom. The number of halogens is 1. The Balaban J connectivity index is 2.05. The number of benzene rings is 1. The normalized spacial score (nSPS) is 23.3. The molecule has 0 saturated carbocycles. The van der Waals surface area contributed by atoms with Crippen LogP contribution in [0.3, 0.4) is 0 Å². The first-order valence-electron chi connectivity index (χ1n) is 5.86. The second-order valence-corrected chi connectivity index (χ2v) is 5.21. The van der Waals surface area contributed by atoms with Gasteiger partial charge >= 0.3 is 6.09 Å². The predicted molar refractivity (Wildman–Crippen MR) is 68.5 cm³/mol. The Labute approximate surface area is 111 Å². The molecule has 1 aromatic rings. The fourth-order valence-corrected chi connectivity index (χ4v) is 2.33. The Bertz CT molecular complexity index is 452. The maximum Gasteiger partial charge on any atom is 0.410 e. The summed E-state index contributed by atoms with van der Waals surface area (Å²) in [7, 11) is 0. The van der Waals surface area contributed by atoms with E-state index in [2.05, 4.69) is 0 Å². The molecule has 1 aromatic carbocycles. The number of rotatable bonds is 4. The van der Waals surface area contributed by atoms with Crippen LogP contribution in [0.15, 0.2) is 24.3 Å². The summed E-state index contributed by atoms with van der Waals surface area (Å²) in [4.78, 5) is 13.4. The predicted octanol–water partition coefficient (Wildman–Crippen LogP) is 2.43. The van der Waals surface area contributed by atoms with Crippen molar-refractivity contribution in [2.24, 2.45) is 0 Å². The number of amides is 1. The van der Waals surface area contributed by atoms with Crippen LogP contribution in [-0.2, 0) is 11.3 Å². The molecule has 18 heavy (non-hydrogen) atoms. The van der Waals surface area contributed by atoms with Gasteiger partial charge in [-0.15, -0.1) is 0 Å². The lowest BCUT2D eigenvalue weighted by molar-refractivity contribution is 0.0502. The average Bonchev–Trinajstić information content (AvgIpc) is 2.54. The van der Waals surface area contributed by atoms with Crippen molar-refractivity contribution < 1.29 is 14.6 Å². The van der Waals surface area contributed by atoms with E-state index in [1.54, 1.807) is 11.0 Å². The zero-order valence-corrected chi connectivity index (χ0v) is 11.0. The van der Waals surface area contributed by atoms with Crippen LogP contribution in [0.25, 0.3) is 0 Å². The molecular formula is C13H16ClNO3. The van der Waals surface area contributed by atoms with Crippen molar-refractivity contribution >= 4 is 17.7 Å². The lowest BCUT2D eigenvalue weighted by atomic mass is 10.0. The molecule has 1 fully saturated rings. The molecule has 0 bridgehead atoms. The minimum Gasteiger partial charge on any atom is -0.441 e. The number of carbonyl (C=O) groups excluding carboxylic acids is 1. The molecular weight excluding hydrogens is 254 g/mol. The number of ether oxygens (including phenoxy) is 1. The van der Waals surface area contributed by atoms with E-state index in [0.717, 1.165) is 5.56 Å². The van der Waals surface area contributed by atoms with Gasteiger partial charge in [-0.2, -0.15) is 0 Å². The molecule has 1 saturated heterocycles. The highest BCUT2D eigenvalue weighted by atomic mass is 35.5. The molecule has 0 aromatic heterocycles. The van der Waals surface area contributed by atoms with Crippen LogP contribution in [0.2, 0.25) is 5.02 Å². The quantitative estimate of drug-likeness (QED) is 0.913. The van der Waals surface area contributed by atoms with Gasteiger partial charge in [-0.25, -0.2) is 4.79 Å². The van der Waals surface area contributed by atoms with Crippen molar-refractivity contribution in [2.75, 3.05) is 13.2 Å². The highest BCUT2D eigenvalue weighted by molar-refractivity contribution is 6.30. The third-order valence-electron chi connectivity index (χ3n) is 3.02. The van der Waals surface area contributed by atoms with Crippen molar-refractivity contribution in [2.45, 2.75) is 25.5 Å². The zero-order valence-electron chi connectivity index (χ0n) is 10.2. The van der Waals surface area contributed by atoms with Crippen LogP contribution in [0, 0.1) is 0 Å². The molecule has 0 spiro atoms. The summed E-state index contributed by atoms with van der Waals surface area (Å²) >= 11 is 5.90. The van der Waals surface area contributed by atoms with Crippen molar-refractivity contribution in [3.63, 3.8) is 0 Å². The van der Waals surface area contributed by atoms with Gasteiger partial charge in [0.2, 0.25) is 0 Å². The fourth-order valence-electron chi connectivity index (χ4n) is 2.12. The Hall–Kier alpha value is -1.26. The standard InChI is InChI=1S/C13H16ClNO3/c1-13(5-6-16)9-15(12(17)18-13)8-10-3-2-4-11(14)7-10/h2-4,7,16H,5-6,8-9H2,1H3. The van der Waals surface area contributed by atoms with Gasteiger partial charge in [-0.05, 0) is 24.6 Å². The molecule has 0 radical (unpaired) electrons. The van der Waals surface area contributed by atoms with Crippen LogP contribution in [0.1, 0.15) is 18.9 Å². The van der Waals surface area contributed by atoms with Gasteiger partial charge in [0.05, 0.1) is 6.54 Å². The summed E-state index contributed by atoms with van der Waals surface area (Å²) in [5.41, 5.74) is 0.373. The molecule has 98 valence electrons. The van der Waals surface area contributed by atoms with Crippen LogP contribution >= 0.6 is 11.6 Å². The molecule has 0 aliphatic carbocycles. The van der Waals surface area contributed by atoms with E-state index in [0.29, 0.717) is 24.5 Å². The molecule has 4 nitrogen and oxygen atoms in total. The van der Waals surface area contributed by atoms with Gasteiger partial charge in [-0.1, -0.05) is 23.7 Å². The van der Waals surface area contributed by atoms with E-state index in [1.165, 1.54) is 0 Å². The Morgan fingerprint density at radius 1 is 1.56 bits per heavy atom. The lowest BCUT2D eigenvalue weighted by Gasteiger charge is -2.20. The third-order valence-corrected chi connectivity index (χ3v) is 3.26. The number of hydrogen-bond acceptors (Lipinski definition) is 3. The molecule has 1 amide bonds. The molecule has 1 atom stereocenters. The summed E-state index contributed by atoms with van der Waals surface area (Å²) in [6, 6.07) is 7.40. The minimum atomic E-state index is -0.593. The average molecular weight is 270 g/mol. The topological polar surface area (TPSA) is 49.8 Å². The molecule has 2 rings (SSSR count). The first-order valence-corrected chi connectivity index (χ1v) is 6.23. The van der Waals surface area contributed by atoms with Gasteiger partial charge < -0.3 is 9.84 Å². The molecule has 1 unspecified atom stereocenters. The van der Waals surface area contributed by atoms with Crippen LogP contribution in [-0.4, -0.2) is 34.9 Å². The SMILES string of the molecule is CC1(CCO)CN(Cc2cccc(Cl)c2)C(=O)O1. The summed E-state index contributed by atoms with van der Waals surface area (Å²) in [6.45, 7) is 2.80. The molecule has 1 aliphatic rings. The van der Waals surface area contributed by atoms with Crippen LogP contribution in [0.4, 0.5) is 4.79 Å². The first-order chi connectivity index (χ1) is 8.52. The van der Waals surface area contributed by atoms with E-state index < -0.39 is 5.60 Å². The van der Waals surface area contributed by atoms with Crippen molar-refractivity contribution in [3.05, 3.63) is 34.9 Å². The Kier molecular flexibility index (Phi) is 3.78. The minimum absolute atomic E-state index is 0.00872. The van der Waals surface area contributed by atoms with E-state index in [-0.39, 0.29) is 12.7 Å². The van der Waals surface area contributed by atoms with Crippen LogP contribution < -0.4 is 0 Å². The van der Waals surface area contributed by atoms with Gasteiger partial charge in [0.15, 0.2) is 0 Å². The number of nitrogens with zero attached hydrogens (tertiary/aromatic N) is 1. The van der Waals surface area contributed by atoms with Gasteiger partial charge in [0.1, 0.15) is 5.60 Å². The van der Waals surface area contributed by atoms with Gasteiger partial charge in [-0.3, -0.25) is 4.90 Å². The molecule has 1 heterocycles. The van der Waals surface area contributed by atoms with E-state index >= 15 is 0 Å². The number of aliphatic hydroxyl groups excluding tert-OH is 1. The number of aliphatic hydroxyl groups is 1. The number of hydrogen-bond donors (Lipinski definition) is 1. The smallest absolute Gasteiger partial charge is 0.410 e. The van der Waals surface area contributed by atoms with Crippen molar-refractivity contribution in [1.82, 2.24) is 4.90 Å². The highest BCUT2D eigenvalue weighted by Gasteiger charge is 2.40. The molecule has 1 N–H and O–H groups in total. The second-order valence-electron chi connectivity index (χ2n) is 4.78. The fraction of sp³-hybridized carbons (Fsp3) is 0.462. The van der Waals surface area contributed by atoms with Gasteiger partial charge in [0, 0.05) is 24.6 Å². The first kappa shape index (κ1) is 13.2. The number of cyclic esters (lactones) is 1. The van der Waals surface area contributed by atoms with E-state index in [9.17, 15) is 4.79 Å². The monoisotopic (exact) mass is 269 g/mol. The lowest BCUT2D eigenvalue weighted by Crippen LogP contribution is -2.32. The maximum atomic E-state index is 11.7. The Morgan fingerprint density at radius 3 is 3.00 bits per heavy atom. The van der Waals surface area contributed by atoms with Crippen molar-refractivity contribution in [3.8, 4) is 0 Å².